The van der Waals surface area contributed by atoms with Gasteiger partial charge in [-0.1, -0.05) is 23.7 Å². The van der Waals surface area contributed by atoms with Crippen molar-refractivity contribution < 1.29 is 14.3 Å². The SMILES string of the molecule is COCCOC(=O)Nc1nc2ccc(-c3n[nH]c(=O)c4cccc(Cl)c34)cc2[nH]1. The molecule has 2 heterocycles. The van der Waals surface area contributed by atoms with Gasteiger partial charge in [0.15, 0.2) is 0 Å². The van der Waals surface area contributed by atoms with E-state index in [9.17, 15) is 9.59 Å². The van der Waals surface area contributed by atoms with Crippen LogP contribution in [0.3, 0.4) is 0 Å². The molecular formula is C19H16ClN5O4. The van der Waals surface area contributed by atoms with Gasteiger partial charge in [0.2, 0.25) is 5.95 Å². The third-order valence-electron chi connectivity index (χ3n) is 4.26. The average Bonchev–Trinajstić information content (AvgIpc) is 3.10. The lowest BCUT2D eigenvalue weighted by Crippen LogP contribution is -2.17. The molecule has 0 radical (unpaired) electrons. The number of carbonyl (C=O) groups is 1. The number of carbonyl (C=O) groups excluding carboxylic acids is 1. The van der Waals surface area contributed by atoms with E-state index < -0.39 is 6.09 Å². The van der Waals surface area contributed by atoms with Gasteiger partial charge in [0.05, 0.1) is 28.0 Å². The number of methoxy groups -OCH3 is 1. The van der Waals surface area contributed by atoms with E-state index in [4.69, 9.17) is 21.1 Å². The van der Waals surface area contributed by atoms with Crippen LogP contribution in [0, 0.1) is 0 Å². The van der Waals surface area contributed by atoms with Gasteiger partial charge in [0.1, 0.15) is 12.3 Å². The van der Waals surface area contributed by atoms with Gasteiger partial charge in [-0.15, -0.1) is 0 Å². The Balaban J connectivity index is 1.69. The number of fused-ring (bicyclic) bond motifs is 2. The molecule has 0 bridgehead atoms. The summed E-state index contributed by atoms with van der Waals surface area (Å²) in [5, 5.41) is 10.7. The van der Waals surface area contributed by atoms with Gasteiger partial charge in [0, 0.05) is 18.1 Å². The first-order valence-electron chi connectivity index (χ1n) is 8.66. The molecule has 0 saturated heterocycles. The Morgan fingerprint density at radius 1 is 1.24 bits per heavy atom. The van der Waals surface area contributed by atoms with E-state index in [0.717, 1.165) is 5.56 Å². The zero-order chi connectivity index (χ0) is 20.4. The fourth-order valence-electron chi connectivity index (χ4n) is 2.95. The zero-order valence-electron chi connectivity index (χ0n) is 15.3. The smallest absolute Gasteiger partial charge is 0.414 e. The molecule has 2 aromatic heterocycles. The Morgan fingerprint density at radius 3 is 2.93 bits per heavy atom. The fourth-order valence-corrected chi connectivity index (χ4v) is 3.22. The van der Waals surface area contributed by atoms with Crippen molar-refractivity contribution in [2.75, 3.05) is 25.6 Å². The zero-order valence-corrected chi connectivity index (χ0v) is 16.0. The first-order valence-corrected chi connectivity index (χ1v) is 9.04. The summed E-state index contributed by atoms with van der Waals surface area (Å²) in [5.41, 5.74) is 2.26. The second-order valence-electron chi connectivity index (χ2n) is 6.13. The molecule has 9 nitrogen and oxygen atoms in total. The Hall–Kier alpha value is -3.43. The van der Waals surface area contributed by atoms with Crippen molar-refractivity contribution >= 4 is 45.4 Å². The van der Waals surface area contributed by atoms with Crippen molar-refractivity contribution in [2.45, 2.75) is 0 Å². The highest BCUT2D eigenvalue weighted by Crippen LogP contribution is 2.31. The summed E-state index contributed by atoms with van der Waals surface area (Å²) in [6.45, 7) is 0.442. The highest BCUT2D eigenvalue weighted by Gasteiger charge is 2.14. The molecule has 0 fully saturated rings. The molecule has 10 heteroatoms. The van der Waals surface area contributed by atoms with E-state index in [-0.39, 0.29) is 18.1 Å². The summed E-state index contributed by atoms with van der Waals surface area (Å²) < 4.78 is 9.78. The molecule has 2 aromatic carbocycles. The number of hydrogen-bond donors (Lipinski definition) is 3. The van der Waals surface area contributed by atoms with Crippen molar-refractivity contribution in [1.82, 2.24) is 20.2 Å². The van der Waals surface area contributed by atoms with E-state index in [1.165, 1.54) is 7.11 Å². The van der Waals surface area contributed by atoms with Gasteiger partial charge >= 0.3 is 6.09 Å². The van der Waals surface area contributed by atoms with Crippen LogP contribution in [0.4, 0.5) is 10.7 Å². The molecule has 29 heavy (non-hydrogen) atoms. The van der Waals surface area contributed by atoms with Crippen LogP contribution in [0.15, 0.2) is 41.2 Å². The number of hydrogen-bond acceptors (Lipinski definition) is 6. The van der Waals surface area contributed by atoms with Gasteiger partial charge in [-0.05, 0) is 24.3 Å². The van der Waals surface area contributed by atoms with Crippen LogP contribution in [-0.2, 0) is 9.47 Å². The van der Waals surface area contributed by atoms with E-state index >= 15 is 0 Å². The second-order valence-corrected chi connectivity index (χ2v) is 6.54. The number of ether oxygens (including phenoxy) is 2. The number of benzene rings is 2. The number of aromatic amines is 2. The van der Waals surface area contributed by atoms with Crippen molar-refractivity contribution in [3.05, 3.63) is 51.8 Å². The van der Waals surface area contributed by atoms with Crippen LogP contribution >= 0.6 is 11.6 Å². The number of nitrogens with zero attached hydrogens (tertiary/aromatic N) is 2. The van der Waals surface area contributed by atoms with E-state index in [1.54, 1.807) is 24.3 Å². The molecule has 4 rings (SSSR count). The van der Waals surface area contributed by atoms with Crippen molar-refractivity contribution in [3.63, 3.8) is 0 Å². The molecule has 0 atom stereocenters. The Labute approximate surface area is 169 Å². The lowest BCUT2D eigenvalue weighted by molar-refractivity contribution is 0.107. The summed E-state index contributed by atoms with van der Waals surface area (Å²) in [6, 6.07) is 10.5. The Morgan fingerprint density at radius 2 is 2.10 bits per heavy atom. The van der Waals surface area contributed by atoms with Gasteiger partial charge in [-0.2, -0.15) is 5.10 Å². The highest BCUT2D eigenvalue weighted by atomic mass is 35.5. The monoisotopic (exact) mass is 413 g/mol. The second kappa shape index (κ2) is 7.90. The fraction of sp³-hybridized carbons (Fsp3) is 0.158. The molecule has 0 saturated carbocycles. The van der Waals surface area contributed by atoms with Crippen LogP contribution in [-0.4, -0.2) is 46.6 Å². The molecular weight excluding hydrogens is 398 g/mol. The Bertz CT molecular complexity index is 1270. The number of H-pyrrole nitrogens is 2. The number of amides is 1. The van der Waals surface area contributed by atoms with Gasteiger partial charge in [-0.25, -0.2) is 14.9 Å². The van der Waals surface area contributed by atoms with Gasteiger partial charge < -0.3 is 14.5 Å². The molecule has 0 unspecified atom stereocenters. The molecule has 0 aliphatic rings. The number of aromatic nitrogens is 4. The van der Waals surface area contributed by atoms with Gasteiger partial charge in [0.25, 0.3) is 5.56 Å². The van der Waals surface area contributed by atoms with Crippen LogP contribution in [0.1, 0.15) is 0 Å². The minimum absolute atomic E-state index is 0.137. The third-order valence-corrected chi connectivity index (χ3v) is 4.58. The maximum atomic E-state index is 12.1. The minimum atomic E-state index is -0.638. The predicted octanol–water partition coefficient (Wildman–Crippen LogP) is 3.31. The molecule has 4 aromatic rings. The topological polar surface area (TPSA) is 122 Å². The molecule has 148 valence electrons. The number of anilines is 1. The largest absolute Gasteiger partial charge is 0.447 e. The molecule has 0 spiro atoms. The quantitative estimate of drug-likeness (QED) is 0.431. The third kappa shape index (κ3) is 3.78. The van der Waals surface area contributed by atoms with Crippen LogP contribution in [0.5, 0.6) is 0 Å². The summed E-state index contributed by atoms with van der Waals surface area (Å²) in [4.78, 5) is 31.2. The standard InChI is InChI=1S/C19H16ClN5O4/c1-28-7-8-29-19(27)23-18-21-13-6-5-10(9-14(13)22-18)16-15-11(17(26)25-24-16)3-2-4-12(15)20/h2-6,9H,7-8H2,1H3,(H,25,26)(H2,21,22,23,27). The first kappa shape index (κ1) is 18.9. The minimum Gasteiger partial charge on any atom is -0.447 e. The van der Waals surface area contributed by atoms with Crippen LogP contribution < -0.4 is 10.9 Å². The normalized spacial score (nSPS) is 11.1. The first-order chi connectivity index (χ1) is 14.1. The number of rotatable bonds is 5. The van der Waals surface area contributed by atoms with Gasteiger partial charge in [-0.3, -0.25) is 10.1 Å². The van der Waals surface area contributed by atoms with Crippen LogP contribution in [0.25, 0.3) is 33.1 Å². The summed E-state index contributed by atoms with van der Waals surface area (Å²) in [6.07, 6.45) is -0.638. The molecule has 1 amide bonds. The molecule has 0 aliphatic carbocycles. The number of halogens is 1. The van der Waals surface area contributed by atoms with Crippen LogP contribution in [0.2, 0.25) is 5.02 Å². The summed E-state index contributed by atoms with van der Waals surface area (Å²) in [7, 11) is 1.52. The van der Waals surface area contributed by atoms with Crippen molar-refractivity contribution in [2.24, 2.45) is 0 Å². The molecule has 0 aliphatic heterocycles. The highest BCUT2D eigenvalue weighted by molar-refractivity contribution is 6.36. The number of nitrogens with one attached hydrogen (secondary N) is 3. The molecule has 3 N–H and O–H groups in total. The maximum absolute atomic E-state index is 12.1. The lowest BCUT2D eigenvalue weighted by atomic mass is 10.0. The number of imidazole rings is 1. The summed E-state index contributed by atoms with van der Waals surface area (Å²) in [5.74, 6) is 0.247. The Kier molecular flexibility index (Phi) is 5.15. The average molecular weight is 414 g/mol. The van der Waals surface area contributed by atoms with E-state index in [2.05, 4.69) is 25.5 Å². The lowest BCUT2D eigenvalue weighted by Gasteiger charge is -2.06. The van der Waals surface area contributed by atoms with E-state index in [0.29, 0.717) is 39.1 Å². The maximum Gasteiger partial charge on any atom is 0.414 e. The predicted molar refractivity (Wildman–Crippen MR) is 109 cm³/mol. The van der Waals surface area contributed by atoms with Crippen molar-refractivity contribution in [1.29, 1.82) is 0 Å². The van der Waals surface area contributed by atoms with Crippen molar-refractivity contribution in [3.8, 4) is 11.3 Å². The van der Waals surface area contributed by atoms with E-state index in [1.807, 2.05) is 12.1 Å². The summed E-state index contributed by atoms with van der Waals surface area (Å²) >= 11 is 6.33.